The molecule has 0 saturated carbocycles. The van der Waals surface area contributed by atoms with Gasteiger partial charge in [-0.05, 0) is 56.0 Å². The number of nitrogens with zero attached hydrogens (tertiary/aromatic N) is 1. The quantitative estimate of drug-likeness (QED) is 0.824. The van der Waals surface area contributed by atoms with Crippen molar-refractivity contribution < 1.29 is 18.3 Å². The minimum absolute atomic E-state index is 0.0781. The van der Waals surface area contributed by atoms with Crippen LogP contribution in [0.15, 0.2) is 53.4 Å². The van der Waals surface area contributed by atoms with Gasteiger partial charge in [-0.1, -0.05) is 30.3 Å². The van der Waals surface area contributed by atoms with Gasteiger partial charge >= 0.3 is 0 Å². The van der Waals surface area contributed by atoms with Crippen LogP contribution in [0.25, 0.3) is 0 Å². The zero-order valence-electron chi connectivity index (χ0n) is 15.9. The number of aliphatic hydroxyl groups excluding tert-OH is 1. The Labute approximate surface area is 161 Å². The average molecular weight is 390 g/mol. The molecule has 0 bridgehead atoms. The minimum atomic E-state index is -3.65. The highest BCUT2D eigenvalue weighted by Gasteiger charge is 2.41. The van der Waals surface area contributed by atoms with Gasteiger partial charge in [-0.25, -0.2) is 8.42 Å². The van der Waals surface area contributed by atoms with Gasteiger partial charge in [0, 0.05) is 18.5 Å². The van der Waals surface area contributed by atoms with Crippen molar-refractivity contribution in [2.45, 2.75) is 37.0 Å². The van der Waals surface area contributed by atoms with Crippen LogP contribution in [0.5, 0.6) is 5.75 Å². The van der Waals surface area contributed by atoms with Crippen LogP contribution in [0.3, 0.4) is 0 Å². The van der Waals surface area contributed by atoms with Gasteiger partial charge in [0.15, 0.2) is 0 Å². The van der Waals surface area contributed by atoms with E-state index in [9.17, 15) is 13.5 Å². The third-order valence-electron chi connectivity index (χ3n) is 5.31. The number of rotatable bonds is 6. The lowest BCUT2D eigenvalue weighted by Gasteiger charge is -2.41. The lowest BCUT2D eigenvalue weighted by Crippen LogP contribution is -2.50. The zero-order valence-corrected chi connectivity index (χ0v) is 16.7. The third-order valence-corrected chi connectivity index (χ3v) is 7.31. The van der Waals surface area contributed by atoms with E-state index in [0.717, 1.165) is 12.0 Å². The van der Waals surface area contributed by atoms with E-state index in [2.05, 4.69) is 0 Å². The summed E-state index contributed by atoms with van der Waals surface area (Å²) in [5, 5.41) is 10.2. The second-order valence-electron chi connectivity index (χ2n) is 7.11. The molecule has 27 heavy (non-hydrogen) atoms. The van der Waals surface area contributed by atoms with Gasteiger partial charge in [-0.2, -0.15) is 4.31 Å². The summed E-state index contributed by atoms with van der Waals surface area (Å²) in [6.07, 6.45) is 1.48. The van der Waals surface area contributed by atoms with Crippen LogP contribution >= 0.6 is 0 Å². The molecule has 2 aromatic carbocycles. The highest BCUT2D eigenvalue weighted by atomic mass is 32.2. The SMILES string of the molecule is CCOc1ccc(S(=O)(=O)N2CCCC(CO)(c3ccccc3)C2)c(C)c1. The Morgan fingerprint density at radius 2 is 1.93 bits per heavy atom. The molecule has 0 aliphatic carbocycles. The van der Waals surface area contributed by atoms with Gasteiger partial charge in [-0.3, -0.25) is 0 Å². The topological polar surface area (TPSA) is 66.8 Å². The smallest absolute Gasteiger partial charge is 0.243 e. The number of aryl methyl sites for hydroxylation is 1. The van der Waals surface area contributed by atoms with Crippen molar-refractivity contribution in [2.24, 2.45) is 0 Å². The molecule has 0 amide bonds. The van der Waals surface area contributed by atoms with Gasteiger partial charge in [0.2, 0.25) is 10.0 Å². The van der Waals surface area contributed by atoms with Crippen LogP contribution in [0.2, 0.25) is 0 Å². The predicted octanol–water partition coefficient (Wildman–Crippen LogP) is 3.11. The Kier molecular flexibility index (Phi) is 5.89. The van der Waals surface area contributed by atoms with E-state index in [1.165, 1.54) is 4.31 Å². The molecule has 1 atom stereocenters. The standard InChI is InChI=1S/C21H27NO4S/c1-3-26-19-10-11-20(17(2)14-19)27(24,25)22-13-7-12-21(15-22,16-23)18-8-5-4-6-9-18/h4-6,8-11,14,23H,3,7,12-13,15-16H2,1-2H3. The zero-order chi connectivity index (χ0) is 19.5. The van der Waals surface area contributed by atoms with E-state index < -0.39 is 15.4 Å². The number of sulfonamides is 1. The van der Waals surface area contributed by atoms with Crippen LogP contribution in [-0.4, -0.2) is 44.1 Å². The summed E-state index contributed by atoms with van der Waals surface area (Å²) in [5.41, 5.74) is 1.09. The van der Waals surface area contributed by atoms with Gasteiger partial charge in [0.25, 0.3) is 0 Å². The van der Waals surface area contributed by atoms with E-state index >= 15 is 0 Å². The molecule has 1 N–H and O–H groups in total. The molecule has 2 aromatic rings. The maximum absolute atomic E-state index is 13.3. The summed E-state index contributed by atoms with van der Waals surface area (Å²) in [6, 6.07) is 14.8. The molecule has 1 heterocycles. The molecular weight excluding hydrogens is 362 g/mol. The third kappa shape index (κ3) is 3.88. The van der Waals surface area contributed by atoms with Crippen LogP contribution in [-0.2, 0) is 15.4 Å². The molecule has 1 saturated heterocycles. The first-order valence-corrected chi connectivity index (χ1v) is 10.8. The fourth-order valence-corrected chi connectivity index (χ4v) is 5.62. The number of piperidine rings is 1. The molecule has 0 spiro atoms. The van der Waals surface area contributed by atoms with Gasteiger partial charge in [0.1, 0.15) is 5.75 Å². The van der Waals surface area contributed by atoms with E-state index in [1.54, 1.807) is 25.1 Å². The van der Waals surface area contributed by atoms with Crippen molar-refractivity contribution in [1.82, 2.24) is 4.31 Å². The molecule has 1 fully saturated rings. The molecular formula is C21H27NO4S. The van der Waals surface area contributed by atoms with Crippen molar-refractivity contribution in [3.05, 3.63) is 59.7 Å². The van der Waals surface area contributed by atoms with Crippen molar-refractivity contribution in [3.63, 3.8) is 0 Å². The van der Waals surface area contributed by atoms with E-state index in [-0.39, 0.29) is 13.2 Å². The minimum Gasteiger partial charge on any atom is -0.494 e. The molecule has 3 rings (SSSR count). The number of benzene rings is 2. The number of hydrogen-bond acceptors (Lipinski definition) is 4. The van der Waals surface area contributed by atoms with E-state index in [1.807, 2.05) is 37.3 Å². The Hall–Kier alpha value is -1.89. The number of ether oxygens (including phenoxy) is 1. The average Bonchev–Trinajstić information content (AvgIpc) is 2.69. The Balaban J connectivity index is 1.93. The van der Waals surface area contributed by atoms with Crippen LogP contribution in [0, 0.1) is 6.92 Å². The second kappa shape index (κ2) is 8.00. The first-order chi connectivity index (χ1) is 12.9. The maximum atomic E-state index is 13.3. The predicted molar refractivity (Wildman–Crippen MR) is 106 cm³/mol. The molecule has 1 aliphatic rings. The van der Waals surface area contributed by atoms with Crippen LogP contribution in [0.4, 0.5) is 0 Å². The monoisotopic (exact) mass is 389 g/mol. The summed E-state index contributed by atoms with van der Waals surface area (Å²) in [6.45, 7) is 4.88. The Morgan fingerprint density at radius 3 is 2.56 bits per heavy atom. The van der Waals surface area contributed by atoms with E-state index in [0.29, 0.717) is 35.8 Å². The molecule has 5 nitrogen and oxygen atoms in total. The summed E-state index contributed by atoms with van der Waals surface area (Å²) in [7, 11) is -3.65. The van der Waals surface area contributed by atoms with Crippen LogP contribution < -0.4 is 4.74 Å². The van der Waals surface area contributed by atoms with Gasteiger partial charge in [0.05, 0.1) is 18.1 Å². The fourth-order valence-electron chi connectivity index (χ4n) is 3.85. The molecule has 1 aliphatic heterocycles. The molecule has 0 radical (unpaired) electrons. The van der Waals surface area contributed by atoms with E-state index in [4.69, 9.17) is 4.74 Å². The Bertz CT molecular complexity index is 882. The molecule has 1 unspecified atom stereocenters. The first kappa shape index (κ1) is 19.9. The second-order valence-corrected chi connectivity index (χ2v) is 9.01. The first-order valence-electron chi connectivity index (χ1n) is 9.33. The summed E-state index contributed by atoms with van der Waals surface area (Å²) in [4.78, 5) is 0.299. The highest BCUT2D eigenvalue weighted by Crippen LogP contribution is 2.36. The number of aliphatic hydroxyl groups is 1. The summed E-state index contributed by atoms with van der Waals surface area (Å²) < 4.78 is 33.6. The van der Waals surface area contributed by atoms with Crippen LogP contribution in [0.1, 0.15) is 30.9 Å². The normalized spacial score (nSPS) is 21.1. The fraction of sp³-hybridized carbons (Fsp3) is 0.429. The lowest BCUT2D eigenvalue weighted by molar-refractivity contribution is 0.129. The largest absolute Gasteiger partial charge is 0.494 e. The summed E-state index contributed by atoms with van der Waals surface area (Å²) >= 11 is 0. The summed E-state index contributed by atoms with van der Waals surface area (Å²) in [5.74, 6) is 0.668. The lowest BCUT2D eigenvalue weighted by atomic mass is 9.75. The van der Waals surface area contributed by atoms with Crippen molar-refractivity contribution in [2.75, 3.05) is 26.3 Å². The highest BCUT2D eigenvalue weighted by molar-refractivity contribution is 7.89. The van der Waals surface area contributed by atoms with Crippen molar-refractivity contribution in [3.8, 4) is 5.75 Å². The maximum Gasteiger partial charge on any atom is 0.243 e. The van der Waals surface area contributed by atoms with Crippen molar-refractivity contribution >= 4 is 10.0 Å². The number of hydrogen-bond donors (Lipinski definition) is 1. The molecule has 6 heteroatoms. The van der Waals surface area contributed by atoms with Gasteiger partial charge in [-0.15, -0.1) is 0 Å². The van der Waals surface area contributed by atoms with Gasteiger partial charge < -0.3 is 9.84 Å². The Morgan fingerprint density at radius 1 is 1.19 bits per heavy atom. The molecule has 146 valence electrons. The molecule has 0 aromatic heterocycles. The van der Waals surface area contributed by atoms with Crippen molar-refractivity contribution in [1.29, 1.82) is 0 Å².